The maximum absolute atomic E-state index is 12.4. The van der Waals surface area contributed by atoms with E-state index in [1.54, 1.807) is 48.5 Å². The second kappa shape index (κ2) is 11.2. The first-order valence-corrected chi connectivity index (χ1v) is 11.9. The molecular formula is C25H19BrClN3O6. The van der Waals surface area contributed by atoms with Crippen molar-refractivity contribution in [3.63, 3.8) is 0 Å². The molecule has 1 N–H and O–H groups in total. The van der Waals surface area contributed by atoms with Gasteiger partial charge in [0.05, 0.1) is 17.7 Å². The van der Waals surface area contributed by atoms with Crippen LogP contribution in [0.2, 0.25) is 5.02 Å². The molecule has 1 amide bonds. The molecule has 36 heavy (non-hydrogen) atoms. The number of non-ortho nitro benzene ring substituents is 1. The van der Waals surface area contributed by atoms with E-state index in [9.17, 15) is 14.9 Å². The number of nitro benzene ring substituents is 1. The van der Waals surface area contributed by atoms with Gasteiger partial charge in [0.2, 0.25) is 0 Å². The van der Waals surface area contributed by atoms with Gasteiger partial charge < -0.3 is 13.9 Å². The van der Waals surface area contributed by atoms with Gasteiger partial charge in [-0.15, -0.1) is 0 Å². The van der Waals surface area contributed by atoms with Crippen molar-refractivity contribution in [2.45, 2.75) is 13.5 Å². The smallest absolute Gasteiger partial charge is 0.307 e. The summed E-state index contributed by atoms with van der Waals surface area (Å²) in [6.45, 7) is 2.44. The summed E-state index contributed by atoms with van der Waals surface area (Å²) in [6, 6.07) is 16.2. The monoisotopic (exact) mass is 571 g/mol. The second-order valence-electron chi connectivity index (χ2n) is 7.46. The summed E-state index contributed by atoms with van der Waals surface area (Å²) in [5, 5.41) is 16.1. The molecule has 1 heterocycles. The fourth-order valence-electron chi connectivity index (χ4n) is 3.25. The van der Waals surface area contributed by atoms with Gasteiger partial charge in [-0.3, -0.25) is 14.9 Å². The number of carbonyl (C=O) groups is 1. The zero-order chi connectivity index (χ0) is 25.7. The Morgan fingerprint density at radius 2 is 1.89 bits per heavy atom. The van der Waals surface area contributed by atoms with Crippen LogP contribution in [0.25, 0.3) is 11.0 Å². The number of hydrazone groups is 1. The van der Waals surface area contributed by atoms with E-state index >= 15 is 0 Å². The van der Waals surface area contributed by atoms with E-state index in [1.165, 1.54) is 18.3 Å². The fraction of sp³-hybridized carbons (Fsp3) is 0.120. The maximum Gasteiger partial charge on any atom is 0.307 e. The van der Waals surface area contributed by atoms with Crippen LogP contribution in [0.1, 0.15) is 28.6 Å². The number of amides is 1. The lowest BCUT2D eigenvalue weighted by Gasteiger charge is -2.14. The first-order chi connectivity index (χ1) is 17.3. The van der Waals surface area contributed by atoms with E-state index in [-0.39, 0.29) is 18.1 Å². The Labute approximate surface area is 218 Å². The lowest BCUT2D eigenvalue weighted by molar-refractivity contribution is -0.384. The number of ether oxygens (including phenoxy) is 2. The highest BCUT2D eigenvalue weighted by molar-refractivity contribution is 9.10. The third-order valence-electron chi connectivity index (χ3n) is 4.98. The van der Waals surface area contributed by atoms with Crippen LogP contribution in [0.4, 0.5) is 5.69 Å². The summed E-state index contributed by atoms with van der Waals surface area (Å²) in [4.78, 5) is 22.8. The van der Waals surface area contributed by atoms with Gasteiger partial charge in [-0.05, 0) is 76.9 Å². The summed E-state index contributed by atoms with van der Waals surface area (Å²) < 4.78 is 17.8. The number of hydrogen-bond acceptors (Lipinski definition) is 7. The molecule has 9 nitrogen and oxygen atoms in total. The predicted molar refractivity (Wildman–Crippen MR) is 139 cm³/mol. The van der Waals surface area contributed by atoms with Crippen molar-refractivity contribution in [1.29, 1.82) is 0 Å². The molecule has 0 aliphatic heterocycles. The molecular weight excluding hydrogens is 554 g/mol. The molecule has 184 valence electrons. The van der Waals surface area contributed by atoms with Crippen LogP contribution < -0.4 is 14.9 Å². The Kier molecular flexibility index (Phi) is 7.87. The van der Waals surface area contributed by atoms with Crippen LogP contribution in [0.15, 0.2) is 74.7 Å². The van der Waals surface area contributed by atoms with E-state index in [2.05, 4.69) is 26.5 Å². The minimum atomic E-state index is -0.511. The molecule has 0 fully saturated rings. The topological polar surface area (TPSA) is 116 Å². The first-order valence-electron chi connectivity index (χ1n) is 10.7. The molecule has 0 saturated heterocycles. The Balaban J connectivity index is 1.45. The number of rotatable bonds is 9. The van der Waals surface area contributed by atoms with Crippen LogP contribution in [0.5, 0.6) is 11.5 Å². The molecule has 4 aromatic rings. The number of nitrogens with one attached hydrogen (secondary N) is 1. The van der Waals surface area contributed by atoms with Crippen molar-refractivity contribution >= 4 is 56.3 Å². The van der Waals surface area contributed by atoms with E-state index in [0.717, 1.165) is 5.56 Å². The molecule has 0 bridgehead atoms. The third-order valence-corrected chi connectivity index (χ3v) is 5.90. The molecule has 0 aliphatic rings. The van der Waals surface area contributed by atoms with Gasteiger partial charge in [0.25, 0.3) is 5.69 Å². The predicted octanol–water partition coefficient (Wildman–Crippen LogP) is 6.50. The average molecular weight is 573 g/mol. The van der Waals surface area contributed by atoms with Crippen LogP contribution in [0.3, 0.4) is 0 Å². The maximum atomic E-state index is 12.4. The molecule has 11 heteroatoms. The average Bonchev–Trinajstić information content (AvgIpc) is 3.28. The number of halogens is 2. The van der Waals surface area contributed by atoms with Gasteiger partial charge in [0, 0.05) is 32.6 Å². The number of benzene rings is 3. The third kappa shape index (κ3) is 6.02. The Bertz CT molecular complexity index is 1450. The molecule has 1 aromatic heterocycles. The highest BCUT2D eigenvalue weighted by Crippen LogP contribution is 2.34. The fourth-order valence-corrected chi connectivity index (χ4v) is 3.85. The summed E-state index contributed by atoms with van der Waals surface area (Å²) in [5.74, 6) is 0.546. The van der Waals surface area contributed by atoms with E-state index in [1.807, 2.05) is 6.92 Å². The minimum Gasteiger partial charge on any atom is -0.490 e. The lowest BCUT2D eigenvalue weighted by atomic mass is 10.2. The van der Waals surface area contributed by atoms with Crippen molar-refractivity contribution in [3.05, 3.63) is 97.2 Å². The van der Waals surface area contributed by atoms with Gasteiger partial charge in [-0.2, -0.15) is 5.10 Å². The highest BCUT2D eigenvalue weighted by atomic mass is 79.9. The van der Waals surface area contributed by atoms with Crippen LogP contribution in [0, 0.1) is 10.1 Å². The van der Waals surface area contributed by atoms with Crippen molar-refractivity contribution in [2.24, 2.45) is 5.10 Å². The Morgan fingerprint density at radius 1 is 1.14 bits per heavy atom. The molecule has 0 atom stereocenters. The molecule has 3 aromatic carbocycles. The summed E-state index contributed by atoms with van der Waals surface area (Å²) in [7, 11) is 0. The molecule has 4 rings (SSSR count). The van der Waals surface area contributed by atoms with Crippen LogP contribution in [-0.2, 0) is 6.61 Å². The van der Waals surface area contributed by atoms with Crippen molar-refractivity contribution in [1.82, 2.24) is 5.43 Å². The number of fused-ring (bicyclic) bond motifs is 1. The summed E-state index contributed by atoms with van der Waals surface area (Å²) in [6.07, 6.45) is 1.46. The number of nitro groups is 1. The number of carbonyl (C=O) groups excluding carboxylic acids is 1. The normalized spacial score (nSPS) is 11.1. The van der Waals surface area contributed by atoms with Gasteiger partial charge in [-0.25, -0.2) is 5.43 Å². The Hall–Kier alpha value is -3.89. The van der Waals surface area contributed by atoms with Gasteiger partial charge in [0.1, 0.15) is 12.2 Å². The SMILES string of the molecule is CCOc1cc(/C=N/NC(=O)c2cc3cc(Cl)ccc3o2)c(Br)cc1OCc1ccc([N+](=O)[O-])cc1. The van der Waals surface area contributed by atoms with E-state index in [4.69, 9.17) is 25.5 Å². The van der Waals surface area contributed by atoms with Gasteiger partial charge >= 0.3 is 5.91 Å². The zero-order valence-corrected chi connectivity index (χ0v) is 21.2. The van der Waals surface area contributed by atoms with Crippen molar-refractivity contribution in [2.75, 3.05) is 6.61 Å². The molecule has 0 radical (unpaired) electrons. The number of nitrogens with zero attached hydrogens (tertiary/aromatic N) is 2. The highest BCUT2D eigenvalue weighted by Gasteiger charge is 2.13. The quantitative estimate of drug-likeness (QED) is 0.139. The Morgan fingerprint density at radius 3 is 2.61 bits per heavy atom. The van der Waals surface area contributed by atoms with E-state index < -0.39 is 10.8 Å². The van der Waals surface area contributed by atoms with Crippen LogP contribution >= 0.6 is 27.5 Å². The van der Waals surface area contributed by atoms with Crippen LogP contribution in [-0.4, -0.2) is 23.7 Å². The summed E-state index contributed by atoms with van der Waals surface area (Å²) >= 11 is 9.46. The molecule has 0 aliphatic carbocycles. The summed E-state index contributed by atoms with van der Waals surface area (Å²) in [5.41, 5.74) is 4.39. The molecule has 0 unspecified atom stereocenters. The second-order valence-corrected chi connectivity index (χ2v) is 8.75. The zero-order valence-electron chi connectivity index (χ0n) is 18.9. The van der Waals surface area contributed by atoms with Crippen molar-refractivity contribution in [3.8, 4) is 11.5 Å². The molecule has 0 spiro atoms. The van der Waals surface area contributed by atoms with Gasteiger partial charge in [-0.1, -0.05) is 11.6 Å². The standard InChI is InChI=1S/C25H19BrClN3O6/c1-2-34-22-11-17(13-28-29-25(31)24-10-16-9-18(27)5-8-21(16)36-24)20(26)12-23(22)35-14-15-3-6-19(7-4-15)30(32)33/h3-13H,2,14H2,1H3,(H,29,31)/b28-13+. The number of hydrogen-bond donors (Lipinski definition) is 1. The largest absolute Gasteiger partial charge is 0.490 e. The lowest BCUT2D eigenvalue weighted by Crippen LogP contribution is -2.16. The van der Waals surface area contributed by atoms with Crippen molar-refractivity contribution < 1.29 is 23.6 Å². The number of furan rings is 1. The minimum absolute atomic E-state index is 0.0111. The molecule has 0 saturated carbocycles. The van der Waals surface area contributed by atoms with Gasteiger partial charge in [0.15, 0.2) is 17.3 Å². The van der Waals surface area contributed by atoms with E-state index in [0.29, 0.717) is 44.1 Å². The first kappa shape index (κ1) is 25.2.